The van der Waals surface area contributed by atoms with Gasteiger partial charge in [0, 0.05) is 18.2 Å². The molecule has 0 aliphatic rings. The Morgan fingerprint density at radius 3 is 2.67 bits per heavy atom. The maximum Gasteiger partial charge on any atom is 0.248 e. The minimum absolute atomic E-state index is 0.0131. The summed E-state index contributed by atoms with van der Waals surface area (Å²) >= 11 is 0. The van der Waals surface area contributed by atoms with E-state index in [2.05, 4.69) is 10.0 Å². The predicted octanol–water partition coefficient (Wildman–Crippen LogP) is -0.328. The van der Waals surface area contributed by atoms with Crippen LogP contribution < -0.4 is 15.8 Å². The van der Waals surface area contributed by atoms with Crippen molar-refractivity contribution in [3.05, 3.63) is 29.8 Å². The molecule has 0 heterocycles. The van der Waals surface area contributed by atoms with Gasteiger partial charge < -0.3 is 11.1 Å². The van der Waals surface area contributed by atoms with E-state index in [1.54, 1.807) is 7.05 Å². The van der Waals surface area contributed by atoms with Gasteiger partial charge in [-0.15, -0.1) is 0 Å². The molecule has 0 spiro atoms. The van der Waals surface area contributed by atoms with Crippen molar-refractivity contribution in [3.63, 3.8) is 0 Å². The lowest BCUT2D eigenvalue weighted by Crippen LogP contribution is -2.37. The Bertz CT molecular complexity index is 528. The summed E-state index contributed by atoms with van der Waals surface area (Å²) in [6, 6.07) is 5.64. The number of hydrogen-bond acceptors (Lipinski definition) is 4. The van der Waals surface area contributed by atoms with E-state index in [1.165, 1.54) is 24.3 Å². The van der Waals surface area contributed by atoms with Crippen LogP contribution in [0.3, 0.4) is 0 Å². The molecule has 1 rings (SSSR count). The standard InChI is InChI=1S/C11H17N3O3S/c1-8(13-2)7-14-18(16,17)10-5-3-4-9(6-10)11(12)15/h3-6,8,13-14H,7H2,1-2H3,(H2,12,15). The van der Waals surface area contributed by atoms with E-state index >= 15 is 0 Å². The number of primary amides is 1. The van der Waals surface area contributed by atoms with Crippen LogP contribution in [0.15, 0.2) is 29.2 Å². The molecule has 0 saturated heterocycles. The maximum atomic E-state index is 11.9. The van der Waals surface area contributed by atoms with Gasteiger partial charge in [-0.1, -0.05) is 6.07 Å². The Morgan fingerprint density at radius 1 is 1.44 bits per heavy atom. The van der Waals surface area contributed by atoms with Crippen molar-refractivity contribution in [2.45, 2.75) is 17.9 Å². The fraction of sp³-hybridized carbons (Fsp3) is 0.364. The van der Waals surface area contributed by atoms with E-state index in [4.69, 9.17) is 5.73 Å². The van der Waals surface area contributed by atoms with Crippen molar-refractivity contribution >= 4 is 15.9 Å². The first-order valence-electron chi connectivity index (χ1n) is 5.43. The first kappa shape index (κ1) is 14.6. The van der Waals surface area contributed by atoms with Gasteiger partial charge >= 0.3 is 0 Å². The van der Waals surface area contributed by atoms with E-state index in [0.717, 1.165) is 0 Å². The molecule has 0 radical (unpaired) electrons. The molecule has 18 heavy (non-hydrogen) atoms. The van der Waals surface area contributed by atoms with E-state index in [-0.39, 0.29) is 23.0 Å². The van der Waals surface area contributed by atoms with Crippen LogP contribution in [0.4, 0.5) is 0 Å². The lowest BCUT2D eigenvalue weighted by molar-refractivity contribution is 0.1000. The SMILES string of the molecule is CNC(C)CNS(=O)(=O)c1cccc(C(N)=O)c1. The third kappa shape index (κ3) is 3.80. The molecule has 6 nitrogen and oxygen atoms in total. The summed E-state index contributed by atoms with van der Waals surface area (Å²) in [5.41, 5.74) is 5.27. The molecule has 100 valence electrons. The largest absolute Gasteiger partial charge is 0.366 e. The smallest absolute Gasteiger partial charge is 0.248 e. The number of nitrogens with one attached hydrogen (secondary N) is 2. The summed E-state index contributed by atoms with van der Waals surface area (Å²) < 4.78 is 26.3. The van der Waals surface area contributed by atoms with Crippen LogP contribution >= 0.6 is 0 Å². The van der Waals surface area contributed by atoms with E-state index in [0.29, 0.717) is 0 Å². The summed E-state index contributed by atoms with van der Waals surface area (Å²) in [4.78, 5) is 11.0. The molecule has 0 aliphatic carbocycles. The molecule has 1 amide bonds. The molecular formula is C11H17N3O3S. The minimum Gasteiger partial charge on any atom is -0.366 e. The number of likely N-dealkylation sites (N-methyl/N-ethyl adjacent to an activating group) is 1. The molecule has 0 bridgehead atoms. The quantitative estimate of drug-likeness (QED) is 0.659. The second kappa shape index (κ2) is 5.94. The zero-order chi connectivity index (χ0) is 13.8. The number of sulfonamides is 1. The van der Waals surface area contributed by atoms with Crippen LogP contribution in [0.2, 0.25) is 0 Å². The van der Waals surface area contributed by atoms with Gasteiger partial charge in [0.2, 0.25) is 15.9 Å². The highest BCUT2D eigenvalue weighted by atomic mass is 32.2. The normalized spacial score (nSPS) is 13.2. The Labute approximate surface area is 107 Å². The first-order valence-corrected chi connectivity index (χ1v) is 6.92. The highest BCUT2D eigenvalue weighted by molar-refractivity contribution is 7.89. The molecule has 0 aromatic heterocycles. The predicted molar refractivity (Wildman–Crippen MR) is 68.7 cm³/mol. The lowest BCUT2D eigenvalue weighted by atomic mass is 10.2. The zero-order valence-corrected chi connectivity index (χ0v) is 11.1. The maximum absolute atomic E-state index is 11.9. The summed E-state index contributed by atoms with van der Waals surface area (Å²) in [6.07, 6.45) is 0. The van der Waals surface area contributed by atoms with Crippen molar-refractivity contribution < 1.29 is 13.2 Å². The highest BCUT2D eigenvalue weighted by Crippen LogP contribution is 2.10. The molecule has 7 heteroatoms. The van der Waals surface area contributed by atoms with Gasteiger partial charge in [-0.2, -0.15) is 0 Å². The van der Waals surface area contributed by atoms with Crippen LogP contribution in [0, 0.1) is 0 Å². The van der Waals surface area contributed by atoms with Crippen molar-refractivity contribution in [1.82, 2.24) is 10.0 Å². The fourth-order valence-corrected chi connectivity index (χ4v) is 2.41. The van der Waals surface area contributed by atoms with Gasteiger partial charge in [-0.3, -0.25) is 4.79 Å². The molecule has 0 saturated carbocycles. The van der Waals surface area contributed by atoms with Crippen LogP contribution in [-0.4, -0.2) is 34.0 Å². The molecule has 1 atom stereocenters. The number of rotatable bonds is 6. The summed E-state index contributed by atoms with van der Waals surface area (Å²) in [6.45, 7) is 2.11. The molecule has 0 fully saturated rings. The van der Waals surface area contributed by atoms with Crippen LogP contribution in [0.5, 0.6) is 0 Å². The molecule has 1 aromatic rings. The number of benzene rings is 1. The summed E-state index contributed by atoms with van der Waals surface area (Å²) in [5, 5.41) is 2.92. The lowest BCUT2D eigenvalue weighted by Gasteiger charge is -2.12. The average Bonchev–Trinajstić information content (AvgIpc) is 2.36. The van der Waals surface area contributed by atoms with Crippen LogP contribution in [-0.2, 0) is 10.0 Å². The third-order valence-corrected chi connectivity index (χ3v) is 3.92. The topological polar surface area (TPSA) is 101 Å². The molecule has 1 aromatic carbocycles. The summed E-state index contributed by atoms with van der Waals surface area (Å²) in [5.74, 6) is -0.657. The Morgan fingerprint density at radius 2 is 2.11 bits per heavy atom. The second-order valence-corrected chi connectivity index (χ2v) is 5.70. The van der Waals surface area contributed by atoms with Crippen LogP contribution in [0.1, 0.15) is 17.3 Å². The van der Waals surface area contributed by atoms with E-state index in [9.17, 15) is 13.2 Å². The second-order valence-electron chi connectivity index (χ2n) is 3.93. The number of amides is 1. The Balaban J connectivity index is 2.91. The number of carbonyl (C=O) groups excluding carboxylic acids is 1. The van der Waals surface area contributed by atoms with Crippen molar-refractivity contribution in [2.75, 3.05) is 13.6 Å². The van der Waals surface area contributed by atoms with Gasteiger partial charge in [0.15, 0.2) is 0 Å². The minimum atomic E-state index is -3.62. The number of hydrogen-bond donors (Lipinski definition) is 3. The van der Waals surface area contributed by atoms with Gasteiger partial charge in [-0.05, 0) is 32.2 Å². The molecule has 4 N–H and O–H groups in total. The fourth-order valence-electron chi connectivity index (χ4n) is 1.24. The van der Waals surface area contributed by atoms with Gasteiger partial charge in [0.1, 0.15) is 0 Å². The van der Waals surface area contributed by atoms with Crippen molar-refractivity contribution in [3.8, 4) is 0 Å². The van der Waals surface area contributed by atoms with Crippen LogP contribution in [0.25, 0.3) is 0 Å². The zero-order valence-electron chi connectivity index (χ0n) is 10.3. The van der Waals surface area contributed by atoms with E-state index < -0.39 is 15.9 Å². The Kier molecular flexibility index (Phi) is 4.83. The van der Waals surface area contributed by atoms with E-state index in [1.807, 2.05) is 6.92 Å². The van der Waals surface area contributed by atoms with Gasteiger partial charge in [0.05, 0.1) is 4.90 Å². The molecular weight excluding hydrogens is 254 g/mol. The Hall–Kier alpha value is -1.44. The number of nitrogens with two attached hydrogens (primary N) is 1. The molecule has 1 unspecified atom stereocenters. The highest BCUT2D eigenvalue weighted by Gasteiger charge is 2.15. The van der Waals surface area contributed by atoms with Crippen molar-refractivity contribution in [2.24, 2.45) is 5.73 Å². The van der Waals surface area contributed by atoms with Crippen molar-refractivity contribution in [1.29, 1.82) is 0 Å². The number of carbonyl (C=O) groups is 1. The van der Waals surface area contributed by atoms with Gasteiger partial charge in [0.25, 0.3) is 0 Å². The third-order valence-electron chi connectivity index (χ3n) is 2.50. The first-order chi connectivity index (χ1) is 8.36. The monoisotopic (exact) mass is 271 g/mol. The average molecular weight is 271 g/mol. The molecule has 0 aliphatic heterocycles. The van der Waals surface area contributed by atoms with Gasteiger partial charge in [-0.25, -0.2) is 13.1 Å². The summed E-state index contributed by atoms with van der Waals surface area (Å²) in [7, 11) is -1.88.